The van der Waals surface area contributed by atoms with E-state index < -0.39 is 10.2 Å². The zero-order chi connectivity index (χ0) is 11.5. The number of piperidine rings is 1. The highest BCUT2D eigenvalue weighted by atomic mass is 32.2. The molecule has 0 radical (unpaired) electrons. The summed E-state index contributed by atoms with van der Waals surface area (Å²) in [5.41, 5.74) is 0. The molecule has 1 unspecified atom stereocenters. The van der Waals surface area contributed by atoms with Crippen LogP contribution in [0, 0.1) is 0 Å². The molecule has 1 fully saturated rings. The summed E-state index contributed by atoms with van der Waals surface area (Å²) in [6, 6.07) is -0.238. The molecule has 0 aromatic rings. The molecule has 15 heavy (non-hydrogen) atoms. The molecule has 0 bridgehead atoms. The summed E-state index contributed by atoms with van der Waals surface area (Å²) in [4.78, 5) is 0. The Morgan fingerprint density at radius 3 is 2.67 bits per heavy atom. The van der Waals surface area contributed by atoms with Gasteiger partial charge in [0.25, 0.3) is 10.2 Å². The maximum absolute atomic E-state index is 12.0. The summed E-state index contributed by atoms with van der Waals surface area (Å²) in [5, 5.41) is 9.15. The van der Waals surface area contributed by atoms with Crippen molar-refractivity contribution in [1.82, 2.24) is 8.61 Å². The van der Waals surface area contributed by atoms with Gasteiger partial charge in [-0.2, -0.15) is 17.0 Å². The normalized spacial score (nSPS) is 24.7. The summed E-state index contributed by atoms with van der Waals surface area (Å²) in [7, 11) is -1.80. The summed E-state index contributed by atoms with van der Waals surface area (Å²) < 4.78 is 26.8. The van der Waals surface area contributed by atoms with Gasteiger partial charge >= 0.3 is 0 Å². The Kier molecular flexibility index (Phi) is 4.51. The van der Waals surface area contributed by atoms with Crippen LogP contribution in [0.1, 0.15) is 26.2 Å². The number of hydrogen-bond acceptors (Lipinski definition) is 3. The zero-order valence-electron chi connectivity index (χ0n) is 9.39. The minimum atomic E-state index is -3.37. The molecule has 6 heteroatoms. The van der Waals surface area contributed by atoms with E-state index in [9.17, 15) is 8.42 Å². The van der Waals surface area contributed by atoms with Gasteiger partial charge in [-0.05, 0) is 12.8 Å². The first-order valence-corrected chi connectivity index (χ1v) is 6.77. The Bertz CT molecular complexity index is 292. The van der Waals surface area contributed by atoms with Crippen molar-refractivity contribution < 1.29 is 13.5 Å². The highest BCUT2D eigenvalue weighted by Gasteiger charge is 2.33. The molecule has 1 saturated heterocycles. The average Bonchev–Trinajstić information content (AvgIpc) is 2.27. The van der Waals surface area contributed by atoms with E-state index in [1.807, 2.05) is 0 Å². The van der Waals surface area contributed by atoms with Crippen LogP contribution in [-0.4, -0.2) is 54.9 Å². The second-order valence-corrected chi connectivity index (χ2v) is 5.85. The summed E-state index contributed by atoms with van der Waals surface area (Å²) in [6.45, 7) is 2.70. The van der Waals surface area contributed by atoms with Crippen LogP contribution in [0.25, 0.3) is 0 Å². The third-order valence-corrected chi connectivity index (χ3v) is 5.04. The van der Waals surface area contributed by atoms with E-state index in [-0.39, 0.29) is 12.6 Å². The number of hydrogen-bond donors (Lipinski definition) is 1. The molecular weight excluding hydrogens is 216 g/mol. The third kappa shape index (κ3) is 2.69. The Labute approximate surface area is 91.9 Å². The molecule has 5 nitrogen and oxygen atoms in total. The van der Waals surface area contributed by atoms with Gasteiger partial charge in [-0.25, -0.2) is 0 Å². The zero-order valence-corrected chi connectivity index (χ0v) is 10.2. The molecule has 1 aliphatic rings. The van der Waals surface area contributed by atoms with Gasteiger partial charge in [-0.3, -0.25) is 0 Å². The summed E-state index contributed by atoms with van der Waals surface area (Å²) >= 11 is 0. The van der Waals surface area contributed by atoms with Crippen LogP contribution in [0.15, 0.2) is 0 Å². The van der Waals surface area contributed by atoms with E-state index >= 15 is 0 Å². The maximum Gasteiger partial charge on any atom is 0.282 e. The van der Waals surface area contributed by atoms with Crippen LogP contribution < -0.4 is 0 Å². The van der Waals surface area contributed by atoms with E-state index in [0.717, 1.165) is 19.3 Å². The molecule has 1 heterocycles. The fourth-order valence-corrected chi connectivity index (χ4v) is 3.40. The summed E-state index contributed by atoms with van der Waals surface area (Å²) in [6.07, 6.45) is 2.63. The number of rotatable bonds is 4. The van der Waals surface area contributed by atoms with Crippen LogP contribution in [0.5, 0.6) is 0 Å². The van der Waals surface area contributed by atoms with Gasteiger partial charge in [-0.15, -0.1) is 0 Å². The van der Waals surface area contributed by atoms with Crippen LogP contribution >= 0.6 is 0 Å². The van der Waals surface area contributed by atoms with E-state index in [4.69, 9.17) is 5.11 Å². The topological polar surface area (TPSA) is 60.9 Å². The van der Waals surface area contributed by atoms with Crippen molar-refractivity contribution in [2.24, 2.45) is 0 Å². The van der Waals surface area contributed by atoms with Crippen molar-refractivity contribution in [2.45, 2.75) is 32.2 Å². The number of aliphatic hydroxyl groups excluding tert-OH is 1. The molecule has 1 aliphatic heterocycles. The van der Waals surface area contributed by atoms with Crippen LogP contribution in [0.2, 0.25) is 0 Å². The lowest BCUT2D eigenvalue weighted by Crippen LogP contribution is -2.50. The number of aliphatic hydroxyl groups is 1. The van der Waals surface area contributed by atoms with E-state index in [2.05, 4.69) is 0 Å². The van der Waals surface area contributed by atoms with E-state index in [0.29, 0.717) is 13.1 Å². The van der Waals surface area contributed by atoms with Crippen molar-refractivity contribution in [3.05, 3.63) is 0 Å². The smallest absolute Gasteiger partial charge is 0.282 e. The Morgan fingerprint density at radius 2 is 2.13 bits per heavy atom. The molecule has 1 rings (SSSR count). The fraction of sp³-hybridized carbons (Fsp3) is 1.00. The molecule has 0 saturated carbocycles. The van der Waals surface area contributed by atoms with Crippen molar-refractivity contribution in [3.63, 3.8) is 0 Å². The van der Waals surface area contributed by atoms with Gasteiger partial charge in [-0.1, -0.05) is 13.3 Å². The van der Waals surface area contributed by atoms with Crippen LogP contribution in [0.3, 0.4) is 0 Å². The molecule has 90 valence electrons. The van der Waals surface area contributed by atoms with E-state index in [1.54, 1.807) is 14.0 Å². The molecule has 0 aromatic carbocycles. The third-order valence-electron chi connectivity index (χ3n) is 2.92. The second-order valence-electron chi connectivity index (χ2n) is 3.86. The SMILES string of the molecule is CCN(C)S(=O)(=O)N1CCCCC1CO. The quantitative estimate of drug-likeness (QED) is 0.749. The molecule has 1 atom stereocenters. The van der Waals surface area contributed by atoms with Crippen molar-refractivity contribution in [3.8, 4) is 0 Å². The first-order chi connectivity index (χ1) is 7.04. The fourth-order valence-electron chi connectivity index (χ4n) is 1.80. The summed E-state index contributed by atoms with van der Waals surface area (Å²) in [5.74, 6) is 0. The van der Waals surface area contributed by atoms with Gasteiger partial charge in [0.05, 0.1) is 6.61 Å². The minimum Gasteiger partial charge on any atom is -0.395 e. The number of nitrogens with zero attached hydrogens (tertiary/aromatic N) is 2. The van der Waals surface area contributed by atoms with Gasteiger partial charge in [0, 0.05) is 26.2 Å². The van der Waals surface area contributed by atoms with Crippen molar-refractivity contribution >= 4 is 10.2 Å². The molecule has 0 amide bonds. The standard InChI is InChI=1S/C9H20N2O3S/c1-3-10(2)15(13,14)11-7-5-4-6-9(11)8-12/h9,12H,3-8H2,1-2H3. The molecule has 0 aliphatic carbocycles. The predicted octanol–water partition coefficient (Wildman–Crippen LogP) is 0.0297. The highest BCUT2D eigenvalue weighted by Crippen LogP contribution is 2.21. The Balaban J connectivity index is 2.83. The monoisotopic (exact) mass is 236 g/mol. The predicted molar refractivity (Wildman–Crippen MR) is 58.7 cm³/mol. The first-order valence-electron chi connectivity index (χ1n) is 5.38. The van der Waals surface area contributed by atoms with Crippen LogP contribution in [-0.2, 0) is 10.2 Å². The first kappa shape index (κ1) is 12.9. The molecule has 0 aromatic heterocycles. The van der Waals surface area contributed by atoms with Crippen molar-refractivity contribution in [1.29, 1.82) is 0 Å². The van der Waals surface area contributed by atoms with E-state index in [1.165, 1.54) is 8.61 Å². The van der Waals surface area contributed by atoms with Gasteiger partial charge in [0.2, 0.25) is 0 Å². The second kappa shape index (κ2) is 5.25. The highest BCUT2D eigenvalue weighted by molar-refractivity contribution is 7.86. The molecule has 0 spiro atoms. The Hall–Kier alpha value is -0.170. The minimum absolute atomic E-state index is 0.0865. The van der Waals surface area contributed by atoms with Crippen molar-refractivity contribution in [2.75, 3.05) is 26.7 Å². The van der Waals surface area contributed by atoms with Gasteiger partial charge in [0.1, 0.15) is 0 Å². The Morgan fingerprint density at radius 1 is 1.47 bits per heavy atom. The largest absolute Gasteiger partial charge is 0.395 e. The van der Waals surface area contributed by atoms with Gasteiger partial charge in [0.15, 0.2) is 0 Å². The lowest BCUT2D eigenvalue weighted by atomic mass is 10.1. The van der Waals surface area contributed by atoms with Gasteiger partial charge < -0.3 is 5.11 Å². The molecular formula is C9H20N2O3S. The maximum atomic E-state index is 12.0. The lowest BCUT2D eigenvalue weighted by Gasteiger charge is -2.35. The van der Waals surface area contributed by atoms with Crippen LogP contribution in [0.4, 0.5) is 0 Å². The lowest BCUT2D eigenvalue weighted by molar-refractivity contribution is 0.149. The molecule has 1 N–H and O–H groups in total. The average molecular weight is 236 g/mol.